The van der Waals surface area contributed by atoms with E-state index in [0.717, 1.165) is 6.42 Å². The quantitative estimate of drug-likeness (QED) is 0.775. The molecule has 114 valence electrons. The van der Waals surface area contributed by atoms with Crippen LogP contribution in [0.15, 0.2) is 0 Å². The van der Waals surface area contributed by atoms with E-state index in [1.165, 1.54) is 0 Å². The zero-order valence-electron chi connectivity index (χ0n) is 12.8. The summed E-state index contributed by atoms with van der Waals surface area (Å²) in [4.78, 5) is 11.9. The molecule has 1 aliphatic heterocycles. The van der Waals surface area contributed by atoms with Gasteiger partial charge in [0.25, 0.3) is 0 Å². The molecule has 1 aliphatic rings. The lowest BCUT2D eigenvalue weighted by atomic mass is 9.91. The molecule has 0 aromatic heterocycles. The number of hydrogen-bond donors (Lipinski definition) is 1. The molecule has 1 atom stereocenters. The van der Waals surface area contributed by atoms with Crippen LogP contribution in [-0.2, 0) is 14.3 Å². The largest absolute Gasteiger partial charge is 0.381 e. The van der Waals surface area contributed by atoms with Crippen LogP contribution in [0, 0.1) is 17.2 Å². The maximum absolute atomic E-state index is 11.9. The summed E-state index contributed by atoms with van der Waals surface area (Å²) < 4.78 is 10.8. The Bertz CT molecular complexity index is 344. The minimum atomic E-state index is -0.751. The van der Waals surface area contributed by atoms with Crippen molar-refractivity contribution >= 4 is 5.91 Å². The molecular weight excluding hydrogens is 256 g/mol. The number of nitriles is 1. The van der Waals surface area contributed by atoms with Crippen LogP contribution >= 0.6 is 0 Å². The van der Waals surface area contributed by atoms with E-state index in [0.29, 0.717) is 45.0 Å². The van der Waals surface area contributed by atoms with Crippen molar-refractivity contribution in [1.29, 1.82) is 5.26 Å². The number of nitrogens with zero attached hydrogens (tertiary/aromatic N) is 1. The zero-order valence-corrected chi connectivity index (χ0v) is 12.8. The van der Waals surface area contributed by atoms with E-state index in [2.05, 4.69) is 25.2 Å². The molecular formula is C15H26N2O3. The Balaban J connectivity index is 2.27. The lowest BCUT2D eigenvalue weighted by Gasteiger charge is -2.31. The van der Waals surface area contributed by atoms with Gasteiger partial charge in [-0.1, -0.05) is 13.8 Å². The van der Waals surface area contributed by atoms with E-state index in [-0.39, 0.29) is 12.0 Å². The minimum Gasteiger partial charge on any atom is -0.381 e. The van der Waals surface area contributed by atoms with Gasteiger partial charge in [0.1, 0.15) is 5.54 Å². The number of ether oxygens (including phenoxy) is 2. The zero-order chi connectivity index (χ0) is 15.0. The van der Waals surface area contributed by atoms with Crippen LogP contribution < -0.4 is 5.32 Å². The second-order valence-electron chi connectivity index (χ2n) is 5.92. The fraction of sp³-hybridized carbons (Fsp3) is 0.867. The minimum absolute atomic E-state index is 0.120. The van der Waals surface area contributed by atoms with Crippen LogP contribution in [0.3, 0.4) is 0 Å². The summed E-state index contributed by atoms with van der Waals surface area (Å²) in [6.07, 6.45) is 2.56. The van der Waals surface area contributed by atoms with Crippen molar-refractivity contribution in [3.05, 3.63) is 0 Å². The first-order valence-corrected chi connectivity index (χ1v) is 7.39. The normalized spacial score (nSPS) is 19.4. The second kappa shape index (κ2) is 8.23. The molecule has 1 heterocycles. The molecule has 0 radical (unpaired) electrons. The Labute approximate surface area is 121 Å². The molecule has 0 aromatic carbocycles. The smallest absolute Gasteiger partial charge is 0.223 e. The molecule has 5 nitrogen and oxygen atoms in total. The molecule has 0 spiro atoms. The molecule has 1 amide bonds. The van der Waals surface area contributed by atoms with Crippen molar-refractivity contribution < 1.29 is 14.3 Å². The fourth-order valence-corrected chi connectivity index (χ4v) is 2.40. The summed E-state index contributed by atoms with van der Waals surface area (Å²) in [5, 5.41) is 12.1. The number of rotatable bonds is 7. The van der Waals surface area contributed by atoms with Crippen molar-refractivity contribution in [3.63, 3.8) is 0 Å². The predicted molar refractivity (Wildman–Crippen MR) is 76.0 cm³/mol. The summed E-state index contributed by atoms with van der Waals surface area (Å²) in [6.45, 7) is 7.76. The van der Waals surface area contributed by atoms with Gasteiger partial charge in [-0.3, -0.25) is 4.79 Å². The van der Waals surface area contributed by atoms with Crippen molar-refractivity contribution in [2.24, 2.45) is 5.92 Å². The van der Waals surface area contributed by atoms with Gasteiger partial charge >= 0.3 is 0 Å². The topological polar surface area (TPSA) is 71.3 Å². The predicted octanol–water partition coefficient (Wildman–Crippen LogP) is 2.02. The third-order valence-electron chi connectivity index (χ3n) is 3.47. The number of nitrogens with one attached hydrogen (secondary N) is 1. The molecule has 1 rings (SSSR count). The number of amides is 1. The van der Waals surface area contributed by atoms with Crippen LogP contribution in [0.2, 0.25) is 0 Å². The first-order chi connectivity index (χ1) is 9.47. The summed E-state index contributed by atoms with van der Waals surface area (Å²) in [6, 6.07) is 2.22. The summed E-state index contributed by atoms with van der Waals surface area (Å²) >= 11 is 0. The molecule has 1 saturated heterocycles. The summed E-state index contributed by atoms with van der Waals surface area (Å²) in [5.74, 6) is 0.466. The van der Waals surface area contributed by atoms with Crippen LogP contribution in [0.25, 0.3) is 0 Å². The average molecular weight is 282 g/mol. The van der Waals surface area contributed by atoms with Gasteiger partial charge in [0.05, 0.1) is 25.2 Å². The van der Waals surface area contributed by atoms with Gasteiger partial charge in [0.2, 0.25) is 5.91 Å². The maximum Gasteiger partial charge on any atom is 0.223 e. The van der Waals surface area contributed by atoms with Crippen LogP contribution in [0.4, 0.5) is 0 Å². The van der Waals surface area contributed by atoms with Crippen LogP contribution in [0.1, 0.15) is 46.5 Å². The van der Waals surface area contributed by atoms with Crippen LogP contribution in [0.5, 0.6) is 0 Å². The Morgan fingerprint density at radius 2 is 2.05 bits per heavy atom. The Morgan fingerprint density at radius 1 is 1.40 bits per heavy atom. The van der Waals surface area contributed by atoms with Gasteiger partial charge in [-0.2, -0.15) is 5.26 Å². The van der Waals surface area contributed by atoms with Crippen molar-refractivity contribution in [1.82, 2.24) is 5.32 Å². The molecule has 0 aromatic rings. The van der Waals surface area contributed by atoms with E-state index in [1.54, 1.807) is 0 Å². The Morgan fingerprint density at radius 3 is 2.60 bits per heavy atom. The highest BCUT2D eigenvalue weighted by atomic mass is 16.5. The summed E-state index contributed by atoms with van der Waals surface area (Å²) in [5.41, 5.74) is -0.751. The number of carbonyl (C=O) groups is 1. The molecule has 5 heteroatoms. The molecule has 0 saturated carbocycles. The molecule has 0 aliphatic carbocycles. The molecule has 0 bridgehead atoms. The molecule has 20 heavy (non-hydrogen) atoms. The van der Waals surface area contributed by atoms with Crippen molar-refractivity contribution in [2.45, 2.75) is 58.1 Å². The van der Waals surface area contributed by atoms with Gasteiger partial charge in [-0.25, -0.2) is 0 Å². The summed E-state index contributed by atoms with van der Waals surface area (Å²) in [7, 11) is 0. The van der Waals surface area contributed by atoms with E-state index >= 15 is 0 Å². The van der Waals surface area contributed by atoms with E-state index in [9.17, 15) is 10.1 Å². The SMILES string of the molecule is CC(C)CC(C)OCCC(=O)NC1(C#N)CCOCC1. The monoisotopic (exact) mass is 282 g/mol. The fourth-order valence-electron chi connectivity index (χ4n) is 2.40. The third-order valence-corrected chi connectivity index (χ3v) is 3.47. The van der Waals surface area contributed by atoms with Gasteiger partial charge in [-0.05, 0) is 19.3 Å². The third kappa shape index (κ3) is 5.89. The first kappa shape index (κ1) is 16.9. The molecule has 1 fully saturated rings. The lowest BCUT2D eigenvalue weighted by molar-refractivity contribution is -0.124. The van der Waals surface area contributed by atoms with E-state index in [4.69, 9.17) is 9.47 Å². The first-order valence-electron chi connectivity index (χ1n) is 7.39. The Hall–Kier alpha value is -1.12. The number of hydrogen-bond acceptors (Lipinski definition) is 4. The number of carbonyl (C=O) groups excluding carboxylic acids is 1. The maximum atomic E-state index is 11.9. The molecule has 1 unspecified atom stereocenters. The standard InChI is InChI=1S/C15H26N2O3/c1-12(2)10-13(3)20-7-4-14(18)17-15(11-16)5-8-19-9-6-15/h12-13H,4-10H2,1-3H3,(H,17,18). The average Bonchev–Trinajstić information content (AvgIpc) is 2.38. The highest BCUT2D eigenvalue weighted by molar-refractivity contribution is 5.77. The van der Waals surface area contributed by atoms with Crippen molar-refractivity contribution in [2.75, 3.05) is 19.8 Å². The second-order valence-corrected chi connectivity index (χ2v) is 5.92. The van der Waals surface area contributed by atoms with Crippen LogP contribution in [-0.4, -0.2) is 37.4 Å². The van der Waals surface area contributed by atoms with Gasteiger partial charge in [-0.15, -0.1) is 0 Å². The van der Waals surface area contributed by atoms with Gasteiger partial charge in [0.15, 0.2) is 0 Å². The lowest BCUT2D eigenvalue weighted by Crippen LogP contribution is -2.51. The van der Waals surface area contributed by atoms with Gasteiger partial charge < -0.3 is 14.8 Å². The Kier molecular flexibility index (Phi) is 6.97. The molecule has 1 N–H and O–H groups in total. The van der Waals surface area contributed by atoms with Gasteiger partial charge in [0, 0.05) is 26.1 Å². The van der Waals surface area contributed by atoms with E-state index < -0.39 is 5.54 Å². The van der Waals surface area contributed by atoms with Crippen molar-refractivity contribution in [3.8, 4) is 6.07 Å². The van der Waals surface area contributed by atoms with E-state index in [1.807, 2.05) is 6.92 Å². The highest BCUT2D eigenvalue weighted by Crippen LogP contribution is 2.19. The highest BCUT2D eigenvalue weighted by Gasteiger charge is 2.33.